The maximum absolute atomic E-state index is 11.4. The van der Waals surface area contributed by atoms with Gasteiger partial charge in [0.05, 0.1) is 5.57 Å². The molecule has 14 heavy (non-hydrogen) atoms. The molecule has 1 aliphatic heterocycles. The van der Waals surface area contributed by atoms with Crippen LogP contribution < -0.4 is 0 Å². The highest BCUT2D eigenvalue weighted by Crippen LogP contribution is 2.32. The van der Waals surface area contributed by atoms with E-state index in [1.165, 1.54) is 0 Å². The second-order valence-corrected chi connectivity index (χ2v) is 5.26. The van der Waals surface area contributed by atoms with Crippen molar-refractivity contribution in [3.8, 4) is 0 Å². The van der Waals surface area contributed by atoms with Crippen LogP contribution in [-0.4, -0.2) is 12.1 Å². The number of halogens is 2. The number of carbonyl (C=O) groups is 1. The number of rotatable bonds is 3. The average Bonchev–Trinajstić information content (AvgIpc) is 2.32. The van der Waals surface area contributed by atoms with Gasteiger partial charge in [0.15, 0.2) is 6.10 Å². The zero-order valence-electron chi connectivity index (χ0n) is 8.14. The standard InChI is InChI=1S/C10H12Br2O2/c1-3-4-7-9(12)8(5-6(2)11)14-10(7)13/h5,8H,3-4H2,1-2H3/b6-5-. The molecule has 0 aromatic rings. The number of ether oxygens (including phenoxy) is 1. The smallest absolute Gasteiger partial charge is 0.335 e. The van der Waals surface area contributed by atoms with Gasteiger partial charge in [-0.3, -0.25) is 0 Å². The first-order valence-electron chi connectivity index (χ1n) is 4.49. The van der Waals surface area contributed by atoms with Gasteiger partial charge in [-0.1, -0.05) is 45.2 Å². The Morgan fingerprint density at radius 3 is 2.79 bits per heavy atom. The molecule has 0 N–H and O–H groups in total. The summed E-state index contributed by atoms with van der Waals surface area (Å²) >= 11 is 6.73. The molecule has 1 heterocycles. The summed E-state index contributed by atoms with van der Waals surface area (Å²) in [5.74, 6) is -0.200. The molecule has 4 heteroatoms. The zero-order valence-corrected chi connectivity index (χ0v) is 11.3. The van der Waals surface area contributed by atoms with Gasteiger partial charge < -0.3 is 4.74 Å². The molecule has 0 aromatic carbocycles. The number of allylic oxidation sites excluding steroid dienone is 1. The minimum absolute atomic E-state index is 0.200. The van der Waals surface area contributed by atoms with Crippen molar-refractivity contribution >= 4 is 37.8 Å². The van der Waals surface area contributed by atoms with Crippen molar-refractivity contribution in [1.29, 1.82) is 0 Å². The van der Waals surface area contributed by atoms with Gasteiger partial charge in [-0.05, 0) is 23.9 Å². The van der Waals surface area contributed by atoms with Gasteiger partial charge in [-0.15, -0.1) is 0 Å². The molecule has 0 spiro atoms. The minimum Gasteiger partial charge on any atom is -0.449 e. The average molecular weight is 324 g/mol. The monoisotopic (exact) mass is 322 g/mol. The van der Waals surface area contributed by atoms with E-state index in [1.54, 1.807) is 0 Å². The molecule has 0 amide bonds. The van der Waals surface area contributed by atoms with Gasteiger partial charge >= 0.3 is 5.97 Å². The van der Waals surface area contributed by atoms with E-state index < -0.39 is 0 Å². The van der Waals surface area contributed by atoms with Crippen LogP contribution in [0.15, 0.2) is 20.6 Å². The fraction of sp³-hybridized carbons (Fsp3) is 0.500. The first-order valence-corrected chi connectivity index (χ1v) is 6.08. The second kappa shape index (κ2) is 5.12. The molecular weight excluding hydrogens is 312 g/mol. The van der Waals surface area contributed by atoms with Crippen molar-refractivity contribution in [2.24, 2.45) is 0 Å². The van der Waals surface area contributed by atoms with E-state index >= 15 is 0 Å². The van der Waals surface area contributed by atoms with Crippen LogP contribution in [0, 0.1) is 0 Å². The highest BCUT2D eigenvalue weighted by atomic mass is 79.9. The Morgan fingerprint density at radius 1 is 1.64 bits per heavy atom. The SMILES string of the molecule is CCCC1=C(Br)C(/C=C(/C)Br)OC1=O. The van der Waals surface area contributed by atoms with E-state index in [-0.39, 0.29) is 12.1 Å². The van der Waals surface area contributed by atoms with Crippen LogP contribution >= 0.6 is 31.9 Å². The summed E-state index contributed by atoms with van der Waals surface area (Å²) in [5.41, 5.74) is 0.766. The van der Waals surface area contributed by atoms with Crippen molar-refractivity contribution in [3.05, 3.63) is 20.6 Å². The molecule has 0 bridgehead atoms. The highest BCUT2D eigenvalue weighted by molar-refractivity contribution is 9.12. The van der Waals surface area contributed by atoms with Crippen LogP contribution in [0.2, 0.25) is 0 Å². The Morgan fingerprint density at radius 2 is 2.29 bits per heavy atom. The Hall–Kier alpha value is -0.0900. The van der Waals surface area contributed by atoms with Gasteiger partial charge in [0.1, 0.15) is 0 Å². The Balaban J connectivity index is 2.87. The lowest BCUT2D eigenvalue weighted by molar-refractivity contribution is -0.138. The van der Waals surface area contributed by atoms with Crippen molar-refractivity contribution in [3.63, 3.8) is 0 Å². The van der Waals surface area contributed by atoms with Crippen LogP contribution in [0.25, 0.3) is 0 Å². The zero-order chi connectivity index (χ0) is 10.7. The lowest BCUT2D eigenvalue weighted by Gasteiger charge is -2.04. The quantitative estimate of drug-likeness (QED) is 0.741. The molecule has 0 radical (unpaired) electrons. The van der Waals surface area contributed by atoms with Gasteiger partial charge in [0, 0.05) is 4.48 Å². The van der Waals surface area contributed by atoms with Crippen LogP contribution in [0.4, 0.5) is 0 Å². The molecule has 0 saturated heterocycles. The number of hydrogen-bond donors (Lipinski definition) is 0. The predicted octanol–water partition coefficient (Wildman–Crippen LogP) is 3.66. The van der Waals surface area contributed by atoms with E-state index in [2.05, 4.69) is 31.9 Å². The lowest BCUT2D eigenvalue weighted by Crippen LogP contribution is -2.06. The van der Waals surface area contributed by atoms with Crippen LogP contribution in [-0.2, 0) is 9.53 Å². The number of cyclic esters (lactones) is 1. The van der Waals surface area contributed by atoms with Gasteiger partial charge in [0.25, 0.3) is 0 Å². The second-order valence-electron chi connectivity index (χ2n) is 3.16. The van der Waals surface area contributed by atoms with Gasteiger partial charge in [-0.25, -0.2) is 4.79 Å². The predicted molar refractivity (Wildman–Crippen MR) is 63.4 cm³/mol. The summed E-state index contributed by atoms with van der Waals surface area (Å²) in [4.78, 5) is 11.4. The Kier molecular flexibility index (Phi) is 4.38. The number of esters is 1. The van der Waals surface area contributed by atoms with Gasteiger partial charge in [-0.2, -0.15) is 0 Å². The molecule has 1 rings (SSSR count). The largest absolute Gasteiger partial charge is 0.449 e. The molecule has 1 atom stereocenters. The number of carbonyl (C=O) groups excluding carboxylic acids is 1. The molecule has 1 aliphatic rings. The first kappa shape index (κ1) is 12.0. The number of hydrogen-bond acceptors (Lipinski definition) is 2. The summed E-state index contributed by atoms with van der Waals surface area (Å²) in [6.45, 7) is 3.95. The molecule has 1 unspecified atom stereocenters. The van der Waals surface area contributed by atoms with Crippen molar-refractivity contribution < 1.29 is 9.53 Å². The summed E-state index contributed by atoms with van der Waals surface area (Å²) in [6, 6.07) is 0. The fourth-order valence-electron chi connectivity index (χ4n) is 1.29. The summed E-state index contributed by atoms with van der Waals surface area (Å²) < 4.78 is 7.01. The van der Waals surface area contributed by atoms with Crippen molar-refractivity contribution in [2.45, 2.75) is 32.8 Å². The summed E-state index contributed by atoms with van der Waals surface area (Å²) in [6.07, 6.45) is 3.34. The van der Waals surface area contributed by atoms with E-state index in [4.69, 9.17) is 4.74 Å². The third-order valence-electron chi connectivity index (χ3n) is 1.90. The van der Waals surface area contributed by atoms with Gasteiger partial charge in [0.2, 0.25) is 0 Å². The topological polar surface area (TPSA) is 26.3 Å². The molecule has 2 nitrogen and oxygen atoms in total. The third kappa shape index (κ3) is 2.70. The molecular formula is C10H12Br2O2. The normalized spacial score (nSPS) is 23.0. The van der Waals surface area contributed by atoms with E-state index in [9.17, 15) is 4.79 Å². The third-order valence-corrected chi connectivity index (χ3v) is 3.09. The van der Waals surface area contributed by atoms with E-state index in [0.717, 1.165) is 27.4 Å². The summed E-state index contributed by atoms with van der Waals surface area (Å²) in [7, 11) is 0. The van der Waals surface area contributed by atoms with E-state index in [0.29, 0.717) is 0 Å². The maximum Gasteiger partial charge on any atom is 0.335 e. The van der Waals surface area contributed by atoms with Crippen LogP contribution in [0.1, 0.15) is 26.7 Å². The molecule has 0 aliphatic carbocycles. The lowest BCUT2D eigenvalue weighted by atomic mass is 10.1. The Bertz CT molecular complexity index is 301. The molecule has 0 saturated carbocycles. The summed E-state index contributed by atoms with van der Waals surface area (Å²) in [5, 5.41) is 0. The van der Waals surface area contributed by atoms with Crippen molar-refractivity contribution in [1.82, 2.24) is 0 Å². The Labute approximate surface area is 101 Å². The van der Waals surface area contributed by atoms with Crippen LogP contribution in [0.5, 0.6) is 0 Å². The molecule has 78 valence electrons. The first-order chi connectivity index (χ1) is 6.56. The minimum atomic E-state index is -0.247. The molecule has 0 fully saturated rings. The fourth-order valence-corrected chi connectivity index (χ4v) is 2.12. The maximum atomic E-state index is 11.4. The molecule has 0 aromatic heterocycles. The van der Waals surface area contributed by atoms with Crippen molar-refractivity contribution in [2.75, 3.05) is 0 Å². The van der Waals surface area contributed by atoms with E-state index in [1.807, 2.05) is 19.9 Å². The van der Waals surface area contributed by atoms with Crippen LogP contribution in [0.3, 0.4) is 0 Å². The highest BCUT2D eigenvalue weighted by Gasteiger charge is 2.30.